The molecular formula is C14H20O. The van der Waals surface area contributed by atoms with Crippen LogP contribution >= 0.6 is 0 Å². The average molecular weight is 204 g/mol. The summed E-state index contributed by atoms with van der Waals surface area (Å²) in [6.45, 7) is 11.1. The molecular weight excluding hydrogens is 184 g/mol. The Morgan fingerprint density at radius 2 is 1.87 bits per heavy atom. The number of benzene rings is 1. The number of para-hydroxylation sites is 1. The van der Waals surface area contributed by atoms with E-state index in [1.54, 1.807) is 0 Å². The van der Waals surface area contributed by atoms with Crippen molar-refractivity contribution in [2.24, 2.45) is 5.92 Å². The third-order valence-electron chi connectivity index (χ3n) is 3.94. The Balaban J connectivity index is 2.55. The summed E-state index contributed by atoms with van der Waals surface area (Å²) in [5.41, 5.74) is 2.56. The summed E-state index contributed by atoms with van der Waals surface area (Å²) in [4.78, 5) is 0. The zero-order valence-corrected chi connectivity index (χ0v) is 10.3. The fourth-order valence-corrected chi connectivity index (χ4v) is 2.40. The normalized spacial score (nSPS) is 28.1. The van der Waals surface area contributed by atoms with Crippen molar-refractivity contribution in [3.8, 4) is 5.75 Å². The minimum Gasteiger partial charge on any atom is -0.487 e. The highest BCUT2D eigenvalue weighted by molar-refractivity contribution is 5.45. The van der Waals surface area contributed by atoms with Crippen molar-refractivity contribution in [3.05, 3.63) is 29.3 Å². The van der Waals surface area contributed by atoms with Crippen molar-refractivity contribution in [1.82, 2.24) is 0 Å². The first-order valence-electron chi connectivity index (χ1n) is 5.72. The van der Waals surface area contributed by atoms with E-state index in [9.17, 15) is 0 Å². The van der Waals surface area contributed by atoms with Gasteiger partial charge in [-0.1, -0.05) is 32.0 Å². The minimum absolute atomic E-state index is 0.0570. The fourth-order valence-electron chi connectivity index (χ4n) is 2.40. The van der Waals surface area contributed by atoms with Crippen LogP contribution in [-0.4, -0.2) is 5.60 Å². The van der Waals surface area contributed by atoms with Gasteiger partial charge in [0.1, 0.15) is 11.4 Å². The van der Waals surface area contributed by atoms with Crippen molar-refractivity contribution in [2.75, 3.05) is 0 Å². The van der Waals surface area contributed by atoms with E-state index < -0.39 is 0 Å². The zero-order valence-electron chi connectivity index (χ0n) is 10.3. The van der Waals surface area contributed by atoms with Crippen LogP contribution in [0.4, 0.5) is 0 Å². The molecule has 0 bridgehead atoms. The predicted molar refractivity (Wildman–Crippen MR) is 63.5 cm³/mol. The zero-order chi connectivity index (χ0) is 11.2. The molecule has 0 aliphatic carbocycles. The van der Waals surface area contributed by atoms with Crippen molar-refractivity contribution in [1.29, 1.82) is 0 Å². The molecule has 0 amide bonds. The number of aryl methyl sites for hydroxylation is 1. The third kappa shape index (κ3) is 1.54. The van der Waals surface area contributed by atoms with Crippen molar-refractivity contribution >= 4 is 0 Å². The average Bonchev–Trinajstić information content (AvgIpc) is 2.17. The van der Waals surface area contributed by atoms with E-state index in [1.165, 1.54) is 11.1 Å². The molecule has 1 heterocycles. The van der Waals surface area contributed by atoms with Crippen LogP contribution in [0.1, 0.15) is 44.7 Å². The van der Waals surface area contributed by atoms with E-state index in [4.69, 9.17) is 4.74 Å². The Bertz CT molecular complexity index is 379. The molecule has 0 N–H and O–H groups in total. The molecule has 1 heteroatoms. The molecule has 1 aromatic carbocycles. The van der Waals surface area contributed by atoms with Gasteiger partial charge in [0, 0.05) is 5.92 Å². The van der Waals surface area contributed by atoms with E-state index in [1.807, 2.05) is 0 Å². The lowest BCUT2D eigenvalue weighted by Crippen LogP contribution is -2.42. The molecule has 1 aliphatic rings. The number of rotatable bonds is 0. The van der Waals surface area contributed by atoms with Gasteiger partial charge in [0.2, 0.25) is 0 Å². The van der Waals surface area contributed by atoms with Crippen LogP contribution in [0.25, 0.3) is 0 Å². The van der Waals surface area contributed by atoms with Gasteiger partial charge < -0.3 is 4.74 Å². The lowest BCUT2D eigenvalue weighted by molar-refractivity contribution is 0.0215. The molecule has 0 spiro atoms. The van der Waals surface area contributed by atoms with Gasteiger partial charge >= 0.3 is 0 Å². The monoisotopic (exact) mass is 204 g/mol. The highest BCUT2D eigenvalue weighted by Crippen LogP contribution is 2.45. The Kier molecular flexibility index (Phi) is 2.29. The lowest BCUT2D eigenvalue weighted by Gasteiger charge is -2.42. The molecule has 2 atom stereocenters. The molecule has 2 rings (SSSR count). The van der Waals surface area contributed by atoms with Gasteiger partial charge in [-0.05, 0) is 37.8 Å². The molecule has 0 saturated carbocycles. The van der Waals surface area contributed by atoms with Gasteiger partial charge in [-0.25, -0.2) is 0 Å². The van der Waals surface area contributed by atoms with Crippen LogP contribution in [0.5, 0.6) is 5.75 Å². The summed E-state index contributed by atoms with van der Waals surface area (Å²) < 4.78 is 6.13. The second-order valence-electron chi connectivity index (χ2n) is 5.28. The van der Waals surface area contributed by atoms with Crippen molar-refractivity contribution < 1.29 is 4.74 Å². The van der Waals surface area contributed by atoms with Gasteiger partial charge in [-0.3, -0.25) is 0 Å². The predicted octanol–water partition coefficient (Wildman–Crippen LogP) is 3.91. The topological polar surface area (TPSA) is 9.23 Å². The summed E-state index contributed by atoms with van der Waals surface area (Å²) in [5, 5.41) is 0. The van der Waals surface area contributed by atoms with Gasteiger partial charge in [-0.2, -0.15) is 0 Å². The van der Waals surface area contributed by atoms with Crippen LogP contribution in [0, 0.1) is 12.8 Å². The van der Waals surface area contributed by atoms with Crippen LogP contribution in [0.15, 0.2) is 18.2 Å². The van der Waals surface area contributed by atoms with E-state index in [-0.39, 0.29) is 5.60 Å². The molecule has 0 fully saturated rings. The smallest absolute Gasteiger partial charge is 0.126 e. The quantitative estimate of drug-likeness (QED) is 0.622. The number of hydrogen-bond acceptors (Lipinski definition) is 1. The van der Waals surface area contributed by atoms with E-state index >= 15 is 0 Å². The third-order valence-corrected chi connectivity index (χ3v) is 3.94. The summed E-state index contributed by atoms with van der Waals surface area (Å²) in [6.07, 6.45) is 0. The maximum Gasteiger partial charge on any atom is 0.126 e. The van der Waals surface area contributed by atoms with Crippen LogP contribution in [0.3, 0.4) is 0 Å². The molecule has 1 aromatic rings. The largest absolute Gasteiger partial charge is 0.487 e. The maximum absolute atomic E-state index is 6.13. The fraction of sp³-hybridized carbons (Fsp3) is 0.571. The second-order valence-corrected chi connectivity index (χ2v) is 5.28. The van der Waals surface area contributed by atoms with Crippen LogP contribution in [0.2, 0.25) is 0 Å². The summed E-state index contributed by atoms with van der Waals surface area (Å²) in [6, 6.07) is 6.44. The molecule has 15 heavy (non-hydrogen) atoms. The van der Waals surface area contributed by atoms with Crippen LogP contribution in [-0.2, 0) is 0 Å². The lowest BCUT2D eigenvalue weighted by atomic mass is 9.76. The highest BCUT2D eigenvalue weighted by atomic mass is 16.5. The molecule has 0 aromatic heterocycles. The maximum atomic E-state index is 6.13. The van der Waals surface area contributed by atoms with Gasteiger partial charge in [0.25, 0.3) is 0 Å². The van der Waals surface area contributed by atoms with E-state index in [0.29, 0.717) is 11.8 Å². The number of ether oxygens (including phenoxy) is 1. The first kappa shape index (κ1) is 10.5. The molecule has 0 radical (unpaired) electrons. The first-order valence-corrected chi connectivity index (χ1v) is 5.72. The first-order chi connectivity index (χ1) is 6.93. The molecule has 2 unspecified atom stereocenters. The summed E-state index contributed by atoms with van der Waals surface area (Å²) in [7, 11) is 0. The Labute approximate surface area is 92.5 Å². The molecule has 0 saturated heterocycles. The minimum atomic E-state index is -0.0570. The summed E-state index contributed by atoms with van der Waals surface area (Å²) >= 11 is 0. The Morgan fingerprint density at radius 3 is 2.53 bits per heavy atom. The molecule has 1 aliphatic heterocycles. The van der Waals surface area contributed by atoms with Gasteiger partial charge in [-0.15, -0.1) is 0 Å². The summed E-state index contributed by atoms with van der Waals surface area (Å²) in [5.74, 6) is 2.23. The van der Waals surface area contributed by atoms with E-state index in [2.05, 4.69) is 52.8 Å². The Hall–Kier alpha value is -0.980. The van der Waals surface area contributed by atoms with Crippen molar-refractivity contribution in [2.45, 2.75) is 46.1 Å². The van der Waals surface area contributed by atoms with E-state index in [0.717, 1.165) is 5.75 Å². The van der Waals surface area contributed by atoms with Gasteiger partial charge in [0.05, 0.1) is 0 Å². The molecule has 82 valence electrons. The standard InChI is InChI=1S/C14H20O/c1-9-7-6-8-12-10(2)11(3)14(4,5)15-13(9)12/h6-8,10-11H,1-5H3. The SMILES string of the molecule is Cc1cccc2c1OC(C)(C)C(C)C2C. The highest BCUT2D eigenvalue weighted by Gasteiger charge is 2.38. The second kappa shape index (κ2) is 3.26. The number of hydrogen-bond donors (Lipinski definition) is 0. The van der Waals surface area contributed by atoms with Gasteiger partial charge in [0.15, 0.2) is 0 Å². The van der Waals surface area contributed by atoms with Crippen LogP contribution < -0.4 is 4.74 Å². The molecule has 1 nitrogen and oxygen atoms in total. The Morgan fingerprint density at radius 1 is 1.20 bits per heavy atom. The number of fused-ring (bicyclic) bond motifs is 1. The van der Waals surface area contributed by atoms with Crippen molar-refractivity contribution in [3.63, 3.8) is 0 Å².